The zero-order valence-corrected chi connectivity index (χ0v) is 12.8. The Morgan fingerprint density at radius 3 is 2.20 bits per heavy atom. The fourth-order valence-corrected chi connectivity index (χ4v) is 3.86. The summed E-state index contributed by atoms with van der Waals surface area (Å²) in [7, 11) is 0. The van der Waals surface area contributed by atoms with Crippen molar-refractivity contribution in [2.75, 3.05) is 5.73 Å². The molecule has 1 atom stereocenters. The van der Waals surface area contributed by atoms with Crippen LogP contribution in [0.15, 0.2) is 42.5 Å². The molecule has 2 aromatic carbocycles. The van der Waals surface area contributed by atoms with Crippen LogP contribution < -0.4 is 5.73 Å². The zero-order valence-electron chi connectivity index (χ0n) is 12.8. The molecule has 0 spiro atoms. The van der Waals surface area contributed by atoms with Crippen molar-refractivity contribution in [3.8, 4) is 0 Å². The van der Waals surface area contributed by atoms with Gasteiger partial charge in [0.25, 0.3) is 0 Å². The summed E-state index contributed by atoms with van der Waals surface area (Å²) in [5.41, 5.74) is 12.7. The summed E-state index contributed by atoms with van der Waals surface area (Å²) in [6.45, 7) is 9.15. The molecule has 1 aliphatic rings. The maximum atomic E-state index is 6.00. The van der Waals surface area contributed by atoms with E-state index in [1.807, 2.05) is 6.07 Å². The number of nitrogens with two attached hydrogens (primary N) is 1. The highest BCUT2D eigenvalue weighted by molar-refractivity contribution is 5.57. The van der Waals surface area contributed by atoms with Gasteiger partial charge < -0.3 is 5.73 Å². The van der Waals surface area contributed by atoms with E-state index in [0.717, 1.165) is 12.1 Å². The number of fused-ring (bicyclic) bond motifs is 1. The van der Waals surface area contributed by atoms with Crippen LogP contribution in [0.5, 0.6) is 0 Å². The summed E-state index contributed by atoms with van der Waals surface area (Å²) >= 11 is 0. The summed E-state index contributed by atoms with van der Waals surface area (Å²) < 4.78 is 0. The van der Waals surface area contributed by atoms with Crippen molar-refractivity contribution in [2.24, 2.45) is 0 Å². The van der Waals surface area contributed by atoms with Crippen LogP contribution in [0.3, 0.4) is 0 Å². The highest BCUT2D eigenvalue weighted by atomic mass is 14.6. The number of benzene rings is 2. The lowest BCUT2D eigenvalue weighted by atomic mass is 9.75. The largest absolute Gasteiger partial charge is 0.399 e. The Hall–Kier alpha value is -1.76. The fourth-order valence-electron chi connectivity index (χ4n) is 3.86. The molecule has 2 N–H and O–H groups in total. The predicted molar refractivity (Wildman–Crippen MR) is 86.1 cm³/mol. The highest BCUT2D eigenvalue weighted by Crippen LogP contribution is 2.53. The summed E-state index contributed by atoms with van der Waals surface area (Å²) in [6, 6.07) is 15.4. The molecular formula is C19H23N. The lowest BCUT2D eigenvalue weighted by Crippen LogP contribution is -2.23. The Morgan fingerprint density at radius 1 is 0.900 bits per heavy atom. The van der Waals surface area contributed by atoms with Crippen molar-refractivity contribution >= 4 is 5.69 Å². The van der Waals surface area contributed by atoms with E-state index < -0.39 is 0 Å². The first-order valence-electron chi connectivity index (χ1n) is 7.31. The Labute approximate surface area is 121 Å². The first-order valence-corrected chi connectivity index (χ1v) is 7.31. The summed E-state index contributed by atoms with van der Waals surface area (Å²) in [5.74, 6) is 0. The maximum Gasteiger partial charge on any atom is 0.0317 e. The van der Waals surface area contributed by atoms with Crippen molar-refractivity contribution in [3.63, 3.8) is 0 Å². The Morgan fingerprint density at radius 2 is 1.55 bits per heavy atom. The molecule has 0 aliphatic heterocycles. The van der Waals surface area contributed by atoms with E-state index >= 15 is 0 Å². The van der Waals surface area contributed by atoms with Gasteiger partial charge in [-0.05, 0) is 47.6 Å². The van der Waals surface area contributed by atoms with Crippen molar-refractivity contribution in [2.45, 2.75) is 44.9 Å². The van der Waals surface area contributed by atoms with Crippen LogP contribution in [0, 0.1) is 6.92 Å². The van der Waals surface area contributed by atoms with Crippen LogP contribution >= 0.6 is 0 Å². The van der Waals surface area contributed by atoms with E-state index in [1.54, 1.807) is 0 Å². The van der Waals surface area contributed by atoms with Crippen LogP contribution in [0.25, 0.3) is 0 Å². The molecule has 0 amide bonds. The number of anilines is 1. The molecular weight excluding hydrogens is 242 g/mol. The van der Waals surface area contributed by atoms with Crippen molar-refractivity contribution < 1.29 is 0 Å². The second-order valence-corrected chi connectivity index (χ2v) is 7.06. The predicted octanol–water partition coefficient (Wildman–Crippen LogP) is 4.56. The standard InChI is InChI=1S/C19H23N/c1-13-5-7-14(8-6-13)19(4)12-18(2,3)17-11-15(20)9-10-16(17)19/h5-11H,12,20H2,1-4H3. The lowest BCUT2D eigenvalue weighted by Gasteiger charge is -2.28. The van der Waals surface area contributed by atoms with Gasteiger partial charge in [-0.3, -0.25) is 0 Å². The monoisotopic (exact) mass is 265 g/mol. The second-order valence-electron chi connectivity index (χ2n) is 7.06. The van der Waals surface area contributed by atoms with Gasteiger partial charge in [-0.15, -0.1) is 0 Å². The fraction of sp³-hybridized carbons (Fsp3) is 0.368. The van der Waals surface area contributed by atoms with Crippen molar-refractivity contribution in [3.05, 3.63) is 64.7 Å². The summed E-state index contributed by atoms with van der Waals surface area (Å²) in [6.07, 6.45) is 1.13. The number of aryl methyl sites for hydroxylation is 1. The summed E-state index contributed by atoms with van der Waals surface area (Å²) in [5, 5.41) is 0. The second kappa shape index (κ2) is 4.12. The van der Waals surface area contributed by atoms with Gasteiger partial charge in [-0.2, -0.15) is 0 Å². The molecule has 1 aliphatic carbocycles. The number of nitrogen functional groups attached to an aromatic ring is 1. The molecule has 1 heteroatoms. The van der Waals surface area contributed by atoms with Crippen LogP contribution in [0.4, 0.5) is 5.69 Å². The van der Waals surface area contributed by atoms with Gasteiger partial charge in [0.05, 0.1) is 0 Å². The third-order valence-electron chi connectivity index (χ3n) is 4.85. The molecule has 0 fully saturated rings. The van der Waals surface area contributed by atoms with Crippen molar-refractivity contribution in [1.82, 2.24) is 0 Å². The molecule has 1 nitrogen and oxygen atoms in total. The molecule has 20 heavy (non-hydrogen) atoms. The van der Waals surface area contributed by atoms with E-state index in [-0.39, 0.29) is 10.8 Å². The van der Waals surface area contributed by atoms with Crippen LogP contribution in [0.2, 0.25) is 0 Å². The molecule has 0 radical (unpaired) electrons. The number of rotatable bonds is 1. The number of hydrogen-bond donors (Lipinski definition) is 1. The minimum atomic E-state index is 0.0836. The van der Waals surface area contributed by atoms with Gasteiger partial charge in [0.1, 0.15) is 0 Å². The molecule has 1 unspecified atom stereocenters. The van der Waals surface area contributed by atoms with Crippen LogP contribution in [-0.2, 0) is 10.8 Å². The molecule has 2 aromatic rings. The first-order chi connectivity index (χ1) is 9.33. The van der Waals surface area contributed by atoms with Gasteiger partial charge >= 0.3 is 0 Å². The van der Waals surface area contributed by atoms with Gasteiger partial charge in [0.2, 0.25) is 0 Å². The number of hydrogen-bond acceptors (Lipinski definition) is 1. The zero-order chi connectivity index (χ0) is 14.5. The molecule has 0 heterocycles. The van der Waals surface area contributed by atoms with E-state index in [9.17, 15) is 0 Å². The van der Waals surface area contributed by atoms with Gasteiger partial charge in [-0.1, -0.05) is 56.7 Å². The average Bonchev–Trinajstić information content (AvgIpc) is 2.58. The van der Waals surface area contributed by atoms with E-state index in [1.165, 1.54) is 22.3 Å². The topological polar surface area (TPSA) is 26.0 Å². The van der Waals surface area contributed by atoms with Gasteiger partial charge in [0.15, 0.2) is 0 Å². The maximum absolute atomic E-state index is 6.00. The Kier molecular flexibility index (Phi) is 2.72. The SMILES string of the molecule is Cc1ccc(C2(C)CC(C)(C)c3cc(N)ccc32)cc1. The third kappa shape index (κ3) is 1.84. The van der Waals surface area contributed by atoms with Crippen LogP contribution in [-0.4, -0.2) is 0 Å². The highest BCUT2D eigenvalue weighted by Gasteiger charge is 2.45. The van der Waals surface area contributed by atoms with E-state index in [0.29, 0.717) is 0 Å². The minimum absolute atomic E-state index is 0.0836. The van der Waals surface area contributed by atoms with Crippen LogP contribution in [0.1, 0.15) is 49.4 Å². The Balaban J connectivity index is 2.20. The van der Waals surface area contributed by atoms with Gasteiger partial charge in [0, 0.05) is 11.1 Å². The van der Waals surface area contributed by atoms with Crippen molar-refractivity contribution in [1.29, 1.82) is 0 Å². The lowest BCUT2D eigenvalue weighted by molar-refractivity contribution is 0.425. The molecule has 0 saturated heterocycles. The minimum Gasteiger partial charge on any atom is -0.399 e. The molecule has 0 bridgehead atoms. The normalized spacial score (nSPS) is 23.6. The molecule has 0 aromatic heterocycles. The van der Waals surface area contributed by atoms with E-state index in [4.69, 9.17) is 5.73 Å². The quantitative estimate of drug-likeness (QED) is 0.751. The van der Waals surface area contributed by atoms with Gasteiger partial charge in [-0.25, -0.2) is 0 Å². The molecule has 0 saturated carbocycles. The Bertz CT molecular complexity index is 652. The smallest absolute Gasteiger partial charge is 0.0317 e. The molecule has 104 valence electrons. The molecule has 3 rings (SSSR count). The third-order valence-corrected chi connectivity index (χ3v) is 4.85. The first kappa shape index (κ1) is 13.2. The summed E-state index contributed by atoms with van der Waals surface area (Å²) in [4.78, 5) is 0. The average molecular weight is 265 g/mol. The van der Waals surface area contributed by atoms with E-state index in [2.05, 4.69) is 64.1 Å².